The van der Waals surface area contributed by atoms with E-state index in [1.54, 1.807) is 55.6 Å². The summed E-state index contributed by atoms with van der Waals surface area (Å²) < 4.78 is 10.7. The molecule has 2 aromatic rings. The number of carbonyl (C=O) groups excluding carboxylic acids is 2. The van der Waals surface area contributed by atoms with Gasteiger partial charge >= 0.3 is 0 Å². The van der Waals surface area contributed by atoms with Crippen molar-refractivity contribution in [1.82, 2.24) is 4.90 Å². The highest BCUT2D eigenvalue weighted by molar-refractivity contribution is 6.46. The predicted octanol–water partition coefficient (Wildman–Crippen LogP) is 3.29. The molecule has 1 unspecified atom stereocenters. The second kappa shape index (κ2) is 10.1. The quantitative estimate of drug-likeness (QED) is 0.364. The Morgan fingerprint density at radius 2 is 1.84 bits per heavy atom. The first kappa shape index (κ1) is 22.4. The molecule has 2 N–H and O–H groups in total. The molecule has 164 valence electrons. The Hall–Kier alpha value is -3.32. The molecule has 0 aromatic heterocycles. The molecular formula is C24H27NO6. The van der Waals surface area contributed by atoms with Gasteiger partial charge in [-0.2, -0.15) is 0 Å². The molecule has 0 bridgehead atoms. The normalized spacial score (nSPS) is 17.8. The maximum atomic E-state index is 13.0. The van der Waals surface area contributed by atoms with E-state index in [1.807, 2.05) is 6.92 Å². The topological polar surface area (TPSA) is 96.3 Å². The summed E-state index contributed by atoms with van der Waals surface area (Å²) in [7, 11) is 1.54. The summed E-state index contributed by atoms with van der Waals surface area (Å²) in [5.74, 6) is -0.444. The number of hydrogen-bond donors (Lipinski definition) is 2. The van der Waals surface area contributed by atoms with Crippen LogP contribution >= 0.6 is 0 Å². The Balaban J connectivity index is 2.10. The molecule has 0 spiro atoms. The van der Waals surface area contributed by atoms with Crippen LogP contribution in [0.15, 0.2) is 54.1 Å². The van der Waals surface area contributed by atoms with E-state index < -0.39 is 17.7 Å². The number of methoxy groups -OCH3 is 1. The van der Waals surface area contributed by atoms with Gasteiger partial charge < -0.3 is 24.6 Å². The van der Waals surface area contributed by atoms with Gasteiger partial charge in [-0.15, -0.1) is 0 Å². The molecule has 31 heavy (non-hydrogen) atoms. The van der Waals surface area contributed by atoms with E-state index in [0.29, 0.717) is 29.2 Å². The number of rotatable bonds is 9. The lowest BCUT2D eigenvalue weighted by Gasteiger charge is -2.25. The lowest BCUT2D eigenvalue weighted by atomic mass is 9.95. The van der Waals surface area contributed by atoms with Crippen LogP contribution in [0, 0.1) is 0 Å². The summed E-state index contributed by atoms with van der Waals surface area (Å²) in [6.45, 7) is 2.40. The maximum absolute atomic E-state index is 13.0. The van der Waals surface area contributed by atoms with Crippen molar-refractivity contribution in [3.8, 4) is 11.5 Å². The summed E-state index contributed by atoms with van der Waals surface area (Å²) >= 11 is 0. The van der Waals surface area contributed by atoms with Crippen molar-refractivity contribution in [1.29, 1.82) is 0 Å². The number of amides is 1. The number of Topliss-reactive ketones (excluding diaryl/α,β-unsaturated/α-hetero) is 1. The molecule has 1 aliphatic heterocycles. The molecule has 1 fully saturated rings. The first-order chi connectivity index (χ1) is 15.0. The molecule has 2 aromatic carbocycles. The highest BCUT2D eigenvalue weighted by Gasteiger charge is 2.45. The van der Waals surface area contributed by atoms with Gasteiger partial charge in [0.2, 0.25) is 0 Å². The van der Waals surface area contributed by atoms with E-state index in [9.17, 15) is 14.7 Å². The summed E-state index contributed by atoms with van der Waals surface area (Å²) in [4.78, 5) is 27.3. The fourth-order valence-corrected chi connectivity index (χ4v) is 3.63. The lowest BCUT2D eigenvalue weighted by Crippen LogP contribution is -2.30. The van der Waals surface area contributed by atoms with Crippen LogP contribution in [-0.2, 0) is 9.59 Å². The number of ketones is 1. The van der Waals surface area contributed by atoms with Crippen LogP contribution < -0.4 is 9.47 Å². The zero-order chi connectivity index (χ0) is 22.4. The fourth-order valence-electron chi connectivity index (χ4n) is 3.63. The average molecular weight is 425 g/mol. The molecule has 1 heterocycles. The van der Waals surface area contributed by atoms with Gasteiger partial charge in [0.15, 0.2) is 0 Å². The number of carbonyl (C=O) groups is 2. The van der Waals surface area contributed by atoms with E-state index in [0.717, 1.165) is 12.8 Å². The lowest BCUT2D eigenvalue weighted by molar-refractivity contribution is -0.139. The number of unbranched alkanes of at least 4 members (excludes halogenated alkanes) is 1. The smallest absolute Gasteiger partial charge is 0.295 e. The van der Waals surface area contributed by atoms with E-state index in [4.69, 9.17) is 14.6 Å². The van der Waals surface area contributed by atoms with Gasteiger partial charge in [-0.1, -0.05) is 25.5 Å². The summed E-state index contributed by atoms with van der Waals surface area (Å²) in [5.41, 5.74) is 1.12. The number of aliphatic hydroxyl groups is 2. The van der Waals surface area contributed by atoms with Gasteiger partial charge in [0, 0.05) is 12.1 Å². The number of likely N-dealkylation sites (tertiary alicyclic amines) is 1. The number of benzene rings is 2. The van der Waals surface area contributed by atoms with Crippen LogP contribution in [0.4, 0.5) is 0 Å². The van der Waals surface area contributed by atoms with Crippen molar-refractivity contribution < 1.29 is 29.3 Å². The van der Waals surface area contributed by atoms with Gasteiger partial charge in [-0.25, -0.2) is 0 Å². The predicted molar refractivity (Wildman–Crippen MR) is 116 cm³/mol. The third-order valence-electron chi connectivity index (χ3n) is 5.19. The standard InChI is InChI=1S/C24H27NO6/c1-3-4-12-25-21(17-6-5-7-19(15-17)31-14-13-26)20(23(28)24(25)29)22(27)16-8-10-18(30-2)11-9-16/h5-11,15,21,26-27H,3-4,12-14H2,1-2H3/b22-20-. The SMILES string of the molecule is CCCCN1C(=O)C(=O)/C(=C(\O)c2ccc(OC)cc2)C1c1cccc(OCCO)c1. The Morgan fingerprint density at radius 3 is 2.48 bits per heavy atom. The summed E-state index contributed by atoms with van der Waals surface area (Å²) in [6.07, 6.45) is 1.58. The van der Waals surface area contributed by atoms with Crippen LogP contribution in [0.2, 0.25) is 0 Å². The molecule has 7 nitrogen and oxygen atoms in total. The third-order valence-corrected chi connectivity index (χ3v) is 5.19. The molecule has 3 rings (SSSR count). The van der Waals surface area contributed by atoms with Crippen molar-refractivity contribution >= 4 is 17.4 Å². The van der Waals surface area contributed by atoms with Crippen molar-refractivity contribution in [3.63, 3.8) is 0 Å². The minimum absolute atomic E-state index is 0.0468. The zero-order valence-corrected chi connectivity index (χ0v) is 17.7. The highest BCUT2D eigenvalue weighted by atomic mass is 16.5. The van der Waals surface area contributed by atoms with Gasteiger partial charge in [-0.3, -0.25) is 9.59 Å². The van der Waals surface area contributed by atoms with Gasteiger partial charge in [-0.05, 0) is 48.4 Å². The minimum atomic E-state index is -0.730. The maximum Gasteiger partial charge on any atom is 0.295 e. The molecule has 1 aliphatic rings. The minimum Gasteiger partial charge on any atom is -0.507 e. The highest BCUT2D eigenvalue weighted by Crippen LogP contribution is 2.40. The van der Waals surface area contributed by atoms with Gasteiger partial charge in [0.25, 0.3) is 11.7 Å². The van der Waals surface area contributed by atoms with Crippen LogP contribution in [0.3, 0.4) is 0 Å². The Labute approximate surface area is 181 Å². The van der Waals surface area contributed by atoms with Crippen molar-refractivity contribution in [2.45, 2.75) is 25.8 Å². The van der Waals surface area contributed by atoms with E-state index in [1.165, 1.54) is 4.90 Å². The van der Waals surface area contributed by atoms with Crippen LogP contribution in [0.1, 0.15) is 36.9 Å². The second-order valence-electron chi connectivity index (χ2n) is 7.22. The van der Waals surface area contributed by atoms with Crippen LogP contribution in [-0.4, -0.2) is 53.7 Å². The van der Waals surface area contributed by atoms with Gasteiger partial charge in [0.1, 0.15) is 23.9 Å². The van der Waals surface area contributed by atoms with Crippen molar-refractivity contribution in [2.75, 3.05) is 26.9 Å². The van der Waals surface area contributed by atoms with Crippen molar-refractivity contribution in [2.24, 2.45) is 0 Å². The Morgan fingerprint density at radius 1 is 1.10 bits per heavy atom. The molecule has 0 radical (unpaired) electrons. The molecule has 0 aliphatic carbocycles. The van der Waals surface area contributed by atoms with E-state index >= 15 is 0 Å². The summed E-state index contributed by atoms with van der Waals surface area (Å²) in [5, 5.41) is 20.1. The number of nitrogens with zero attached hydrogens (tertiary/aromatic N) is 1. The largest absolute Gasteiger partial charge is 0.507 e. The first-order valence-electron chi connectivity index (χ1n) is 10.3. The first-order valence-corrected chi connectivity index (χ1v) is 10.3. The molecule has 1 atom stereocenters. The van der Waals surface area contributed by atoms with E-state index in [-0.39, 0.29) is 24.5 Å². The number of aliphatic hydroxyl groups excluding tert-OH is 2. The molecule has 7 heteroatoms. The fraction of sp³-hybridized carbons (Fsp3) is 0.333. The summed E-state index contributed by atoms with van der Waals surface area (Å²) in [6, 6.07) is 12.9. The van der Waals surface area contributed by atoms with Crippen LogP contribution in [0.25, 0.3) is 5.76 Å². The second-order valence-corrected chi connectivity index (χ2v) is 7.22. The third kappa shape index (κ3) is 4.72. The average Bonchev–Trinajstić information content (AvgIpc) is 3.06. The molecule has 1 amide bonds. The molecule has 0 saturated carbocycles. The monoisotopic (exact) mass is 425 g/mol. The Kier molecular flexibility index (Phi) is 7.31. The van der Waals surface area contributed by atoms with Gasteiger partial charge in [0.05, 0.1) is 25.3 Å². The Bertz CT molecular complexity index is 966. The van der Waals surface area contributed by atoms with E-state index in [2.05, 4.69) is 0 Å². The molecular weight excluding hydrogens is 398 g/mol. The zero-order valence-electron chi connectivity index (χ0n) is 17.7. The number of ether oxygens (including phenoxy) is 2. The van der Waals surface area contributed by atoms with Crippen molar-refractivity contribution in [3.05, 3.63) is 65.2 Å². The number of hydrogen-bond acceptors (Lipinski definition) is 6. The van der Waals surface area contributed by atoms with Crippen LogP contribution in [0.5, 0.6) is 11.5 Å². The molecule has 1 saturated heterocycles.